The molecular formula is C27H34O7. The quantitative estimate of drug-likeness (QED) is 0.362. The lowest BCUT2D eigenvalue weighted by atomic mass is 9.53. The van der Waals surface area contributed by atoms with Crippen molar-refractivity contribution in [3.05, 3.63) is 41.2 Å². The van der Waals surface area contributed by atoms with Crippen LogP contribution in [0.4, 0.5) is 0 Å². The number of aryl methyl sites for hydroxylation is 1. The number of fused-ring (bicyclic) bond motifs is 6. The number of carbonyl (C=O) groups is 2. The van der Waals surface area contributed by atoms with Crippen molar-refractivity contribution in [2.45, 2.75) is 76.8 Å². The maximum atomic E-state index is 12.2. The fourth-order valence-corrected chi connectivity index (χ4v) is 7.42. The van der Waals surface area contributed by atoms with Gasteiger partial charge in [-0.25, -0.2) is 4.79 Å². The Morgan fingerprint density at radius 1 is 1.12 bits per heavy atom. The van der Waals surface area contributed by atoms with Gasteiger partial charge < -0.3 is 23.7 Å². The topological polar surface area (TPSA) is 80.3 Å². The summed E-state index contributed by atoms with van der Waals surface area (Å²) in [6.45, 7) is 5.49. The van der Waals surface area contributed by atoms with Crippen molar-refractivity contribution in [1.82, 2.24) is 0 Å². The van der Waals surface area contributed by atoms with E-state index in [0.29, 0.717) is 29.3 Å². The van der Waals surface area contributed by atoms with Gasteiger partial charge in [-0.1, -0.05) is 13.0 Å². The molecule has 7 heteroatoms. The molecule has 0 N–H and O–H groups in total. The van der Waals surface area contributed by atoms with Gasteiger partial charge >= 0.3 is 17.9 Å². The van der Waals surface area contributed by atoms with E-state index in [1.165, 1.54) is 31.2 Å². The number of ether oxygens (including phenoxy) is 5. The Morgan fingerprint density at radius 2 is 1.91 bits per heavy atom. The summed E-state index contributed by atoms with van der Waals surface area (Å²) >= 11 is 0. The molecule has 1 heterocycles. The van der Waals surface area contributed by atoms with Crippen LogP contribution in [0.2, 0.25) is 0 Å². The molecule has 1 aliphatic heterocycles. The first-order chi connectivity index (χ1) is 16.1. The predicted molar refractivity (Wildman–Crippen MR) is 123 cm³/mol. The first-order valence-electron chi connectivity index (χ1n) is 12.2. The van der Waals surface area contributed by atoms with E-state index >= 15 is 0 Å². The van der Waals surface area contributed by atoms with E-state index in [9.17, 15) is 9.59 Å². The molecule has 1 aromatic rings. The number of esters is 2. The maximum Gasteiger partial charge on any atom is 0.333 e. The Kier molecular flexibility index (Phi) is 5.56. The molecule has 2 saturated carbocycles. The third-order valence-electron chi connectivity index (χ3n) is 8.95. The highest BCUT2D eigenvalue weighted by molar-refractivity contribution is 5.82. The highest BCUT2D eigenvalue weighted by Crippen LogP contribution is 2.69. The predicted octanol–water partition coefficient (Wildman–Crippen LogP) is 4.63. The van der Waals surface area contributed by atoms with E-state index in [2.05, 4.69) is 13.0 Å². The summed E-state index contributed by atoms with van der Waals surface area (Å²) in [7, 11) is 2.93. The smallest absolute Gasteiger partial charge is 0.333 e. The zero-order valence-corrected chi connectivity index (χ0v) is 20.6. The highest BCUT2D eigenvalue weighted by atomic mass is 16.9. The van der Waals surface area contributed by atoms with Crippen molar-refractivity contribution < 1.29 is 33.3 Å². The average molecular weight is 471 g/mol. The van der Waals surface area contributed by atoms with Gasteiger partial charge in [0.1, 0.15) is 17.1 Å². The van der Waals surface area contributed by atoms with E-state index in [-0.39, 0.29) is 11.4 Å². The third-order valence-corrected chi connectivity index (χ3v) is 8.95. The molecule has 1 saturated heterocycles. The SMILES string of the molecule is COC(=O)/C=C1/OC(C)(OC)O[C@]12CC[C@H]1[C@@H]3CCc4cc(OC(C)=O)ccc4[C@H]3CC[C@@]12C. The Labute approximate surface area is 200 Å². The zero-order chi connectivity index (χ0) is 24.3. The Hall–Kier alpha value is -2.38. The molecule has 184 valence electrons. The molecule has 5 rings (SSSR count). The summed E-state index contributed by atoms with van der Waals surface area (Å²) in [6.07, 6.45) is 7.23. The van der Waals surface area contributed by atoms with Gasteiger partial charge in [-0.3, -0.25) is 4.79 Å². The molecule has 7 nitrogen and oxygen atoms in total. The third kappa shape index (κ3) is 3.39. The van der Waals surface area contributed by atoms with Crippen LogP contribution in [0, 0.1) is 17.3 Å². The van der Waals surface area contributed by atoms with Crippen LogP contribution in [0.5, 0.6) is 5.75 Å². The minimum Gasteiger partial charge on any atom is -0.466 e. The molecule has 1 unspecified atom stereocenters. The van der Waals surface area contributed by atoms with Crippen molar-refractivity contribution in [2.24, 2.45) is 17.3 Å². The maximum absolute atomic E-state index is 12.2. The lowest BCUT2D eigenvalue weighted by Gasteiger charge is -2.53. The second kappa shape index (κ2) is 8.09. The zero-order valence-electron chi connectivity index (χ0n) is 20.6. The van der Waals surface area contributed by atoms with Crippen LogP contribution in [0.1, 0.15) is 69.9 Å². The summed E-state index contributed by atoms with van der Waals surface area (Å²) in [4.78, 5) is 23.6. The van der Waals surface area contributed by atoms with E-state index in [0.717, 1.165) is 38.5 Å². The second-order valence-corrected chi connectivity index (χ2v) is 10.5. The molecule has 3 aliphatic carbocycles. The fourth-order valence-electron chi connectivity index (χ4n) is 7.42. The second-order valence-electron chi connectivity index (χ2n) is 10.5. The summed E-state index contributed by atoms with van der Waals surface area (Å²) < 4.78 is 28.6. The highest BCUT2D eigenvalue weighted by Gasteiger charge is 2.70. The van der Waals surface area contributed by atoms with Crippen LogP contribution in [0.15, 0.2) is 30.0 Å². The number of rotatable bonds is 3. The largest absolute Gasteiger partial charge is 0.466 e. The lowest BCUT2D eigenvalue weighted by molar-refractivity contribution is -0.331. The number of hydrogen-bond acceptors (Lipinski definition) is 7. The van der Waals surface area contributed by atoms with Gasteiger partial charge in [0.15, 0.2) is 0 Å². The van der Waals surface area contributed by atoms with Gasteiger partial charge in [0, 0.05) is 26.4 Å². The molecule has 4 aliphatic rings. The van der Waals surface area contributed by atoms with Crippen LogP contribution < -0.4 is 4.74 Å². The van der Waals surface area contributed by atoms with Gasteiger partial charge in [0.25, 0.3) is 0 Å². The van der Waals surface area contributed by atoms with E-state index in [1.807, 2.05) is 12.1 Å². The van der Waals surface area contributed by atoms with Crippen molar-refractivity contribution in [2.75, 3.05) is 14.2 Å². The molecule has 0 aromatic heterocycles. The number of hydrogen-bond donors (Lipinski definition) is 0. The molecular weight excluding hydrogens is 436 g/mol. The lowest BCUT2D eigenvalue weighted by Crippen LogP contribution is -2.52. The van der Waals surface area contributed by atoms with Gasteiger partial charge in [-0.05, 0) is 79.5 Å². The minimum atomic E-state index is -1.24. The van der Waals surface area contributed by atoms with E-state index < -0.39 is 17.5 Å². The standard InChI is InChI=1S/C27H34O7/c1-16(28)32-18-7-9-19-17(14-18)6-8-21-20(19)10-12-25(2)22(21)11-13-27(25)23(15-24(29)30-4)33-26(3,31-5)34-27/h7,9,14-15,20-22H,6,8,10-13H2,1-5H3/b23-15+/t20-,21-,22+,25+,26?,27-/m1/s1. The van der Waals surface area contributed by atoms with Gasteiger partial charge in [-0.15, -0.1) is 0 Å². The van der Waals surface area contributed by atoms with Crippen LogP contribution >= 0.6 is 0 Å². The summed E-state index contributed by atoms with van der Waals surface area (Å²) in [5, 5.41) is 0. The van der Waals surface area contributed by atoms with Crippen molar-refractivity contribution in [1.29, 1.82) is 0 Å². The van der Waals surface area contributed by atoms with Crippen LogP contribution in [0.3, 0.4) is 0 Å². The molecule has 6 atom stereocenters. The fraction of sp³-hybridized carbons (Fsp3) is 0.630. The number of benzene rings is 1. The minimum absolute atomic E-state index is 0.195. The van der Waals surface area contributed by atoms with E-state index in [4.69, 9.17) is 23.7 Å². The van der Waals surface area contributed by atoms with Gasteiger partial charge in [0.2, 0.25) is 0 Å². The molecule has 3 fully saturated rings. The molecule has 0 radical (unpaired) electrons. The normalized spacial score (nSPS) is 39.2. The Morgan fingerprint density at radius 3 is 2.62 bits per heavy atom. The number of carbonyl (C=O) groups excluding carboxylic acids is 2. The Bertz CT molecular complexity index is 1050. The van der Waals surface area contributed by atoms with Crippen molar-refractivity contribution >= 4 is 11.9 Å². The summed E-state index contributed by atoms with van der Waals surface area (Å²) in [6, 6.07) is 6.10. The van der Waals surface area contributed by atoms with Crippen LogP contribution in [-0.4, -0.2) is 37.7 Å². The van der Waals surface area contributed by atoms with Crippen LogP contribution in [-0.2, 0) is 35.0 Å². The van der Waals surface area contributed by atoms with Crippen molar-refractivity contribution in [3.63, 3.8) is 0 Å². The first-order valence-corrected chi connectivity index (χ1v) is 12.2. The monoisotopic (exact) mass is 470 g/mol. The number of methoxy groups -OCH3 is 2. The van der Waals surface area contributed by atoms with Crippen LogP contribution in [0.25, 0.3) is 0 Å². The summed E-state index contributed by atoms with van der Waals surface area (Å²) in [5.74, 6) is 0.574. The summed E-state index contributed by atoms with van der Waals surface area (Å²) in [5.41, 5.74) is 1.75. The molecule has 0 bridgehead atoms. The van der Waals surface area contributed by atoms with E-state index in [1.54, 1.807) is 14.0 Å². The average Bonchev–Trinajstić information content (AvgIpc) is 3.27. The van der Waals surface area contributed by atoms with Gasteiger partial charge in [0.05, 0.1) is 13.2 Å². The van der Waals surface area contributed by atoms with Gasteiger partial charge in [-0.2, -0.15) is 0 Å². The van der Waals surface area contributed by atoms with Crippen molar-refractivity contribution in [3.8, 4) is 5.75 Å². The molecule has 1 spiro atoms. The molecule has 34 heavy (non-hydrogen) atoms. The molecule has 0 amide bonds. The Balaban J connectivity index is 1.48. The first kappa shape index (κ1) is 23.4. The molecule has 1 aromatic carbocycles.